The third-order valence-electron chi connectivity index (χ3n) is 1.66. The molecule has 88 valence electrons. The van der Waals surface area contributed by atoms with E-state index < -0.39 is 18.1 Å². The molecule has 0 amide bonds. The van der Waals surface area contributed by atoms with E-state index in [1.807, 2.05) is 0 Å². The fourth-order valence-corrected chi connectivity index (χ4v) is 1.48. The Hall–Kier alpha value is -0.750. The zero-order valence-corrected chi connectivity index (χ0v) is 10.5. The van der Waals surface area contributed by atoms with E-state index in [9.17, 15) is 13.6 Å². The summed E-state index contributed by atoms with van der Waals surface area (Å²) in [7, 11) is 0. The number of carbonyl (C=O) groups is 1. The van der Waals surface area contributed by atoms with Gasteiger partial charge < -0.3 is 4.74 Å². The number of rotatable bonds is 3. The Balaban J connectivity index is 3.24. The summed E-state index contributed by atoms with van der Waals surface area (Å²) in [4.78, 5) is 14.9. The van der Waals surface area contributed by atoms with Gasteiger partial charge in [0.25, 0.3) is 6.43 Å². The standard InChI is InChI=1S/C9H7BrClF2NO2/c1-2-16-9(15)4-3-5(11)7(10)14-6(4)8(12)13/h3,8H,2H2,1H3. The van der Waals surface area contributed by atoms with E-state index >= 15 is 0 Å². The molecule has 16 heavy (non-hydrogen) atoms. The number of esters is 1. The van der Waals surface area contributed by atoms with Crippen molar-refractivity contribution < 1.29 is 18.3 Å². The van der Waals surface area contributed by atoms with Crippen LogP contribution >= 0.6 is 27.5 Å². The summed E-state index contributed by atoms with van der Waals surface area (Å²) in [6.07, 6.45) is -2.87. The van der Waals surface area contributed by atoms with Crippen LogP contribution in [-0.4, -0.2) is 17.6 Å². The summed E-state index contributed by atoms with van der Waals surface area (Å²) >= 11 is 8.58. The molecule has 3 nitrogen and oxygen atoms in total. The molecule has 0 aliphatic rings. The fourth-order valence-electron chi connectivity index (χ4n) is 1.02. The molecule has 0 spiro atoms. The molecule has 7 heteroatoms. The molecule has 1 aromatic rings. The highest BCUT2D eigenvalue weighted by molar-refractivity contribution is 9.10. The van der Waals surface area contributed by atoms with Gasteiger partial charge in [0, 0.05) is 0 Å². The Kier molecular flexibility index (Phi) is 4.61. The molecule has 0 saturated heterocycles. The van der Waals surface area contributed by atoms with E-state index in [0.717, 1.165) is 6.07 Å². The molecule has 0 fully saturated rings. The van der Waals surface area contributed by atoms with Gasteiger partial charge >= 0.3 is 5.97 Å². The minimum atomic E-state index is -2.87. The lowest BCUT2D eigenvalue weighted by Crippen LogP contribution is -2.10. The number of aromatic nitrogens is 1. The monoisotopic (exact) mass is 313 g/mol. The first-order valence-corrected chi connectivity index (χ1v) is 5.45. The van der Waals surface area contributed by atoms with Crippen LogP contribution in [0.5, 0.6) is 0 Å². The van der Waals surface area contributed by atoms with Crippen LogP contribution in [0.15, 0.2) is 10.7 Å². The predicted molar refractivity (Wildman–Crippen MR) is 57.9 cm³/mol. The van der Waals surface area contributed by atoms with Crippen molar-refractivity contribution >= 4 is 33.5 Å². The molecule has 0 saturated carbocycles. The zero-order chi connectivity index (χ0) is 12.3. The molecule has 1 heterocycles. The van der Waals surface area contributed by atoms with Gasteiger partial charge in [0.05, 0.1) is 17.2 Å². The topological polar surface area (TPSA) is 39.2 Å². The molecule has 1 rings (SSSR count). The van der Waals surface area contributed by atoms with Crippen LogP contribution in [0.25, 0.3) is 0 Å². The lowest BCUT2D eigenvalue weighted by atomic mass is 10.2. The van der Waals surface area contributed by atoms with Crippen molar-refractivity contribution in [1.82, 2.24) is 4.98 Å². The quantitative estimate of drug-likeness (QED) is 0.632. The van der Waals surface area contributed by atoms with Gasteiger partial charge in [0.1, 0.15) is 10.3 Å². The Morgan fingerprint density at radius 2 is 2.31 bits per heavy atom. The lowest BCUT2D eigenvalue weighted by Gasteiger charge is -2.08. The van der Waals surface area contributed by atoms with Crippen LogP contribution in [0.2, 0.25) is 5.02 Å². The molecule has 0 aliphatic heterocycles. The Morgan fingerprint density at radius 3 is 2.81 bits per heavy atom. The van der Waals surface area contributed by atoms with Gasteiger partial charge in [-0.3, -0.25) is 0 Å². The average molecular weight is 315 g/mol. The number of alkyl halides is 2. The number of hydrogen-bond acceptors (Lipinski definition) is 3. The number of halogens is 4. The zero-order valence-electron chi connectivity index (χ0n) is 8.14. The van der Waals surface area contributed by atoms with Crippen molar-refractivity contribution in [3.05, 3.63) is 26.9 Å². The van der Waals surface area contributed by atoms with E-state index in [-0.39, 0.29) is 21.8 Å². The highest BCUT2D eigenvalue weighted by Crippen LogP contribution is 2.28. The molecule has 1 aromatic heterocycles. The first kappa shape index (κ1) is 13.3. The van der Waals surface area contributed by atoms with Crippen molar-refractivity contribution in [3.63, 3.8) is 0 Å². The second kappa shape index (κ2) is 5.54. The van der Waals surface area contributed by atoms with Crippen molar-refractivity contribution in [2.45, 2.75) is 13.3 Å². The van der Waals surface area contributed by atoms with Gasteiger partial charge in [0.15, 0.2) is 0 Å². The SMILES string of the molecule is CCOC(=O)c1cc(Cl)c(Br)nc1C(F)F. The van der Waals surface area contributed by atoms with Gasteiger partial charge in [-0.2, -0.15) is 0 Å². The number of nitrogens with zero attached hydrogens (tertiary/aromatic N) is 1. The highest BCUT2D eigenvalue weighted by Gasteiger charge is 2.23. The fraction of sp³-hybridized carbons (Fsp3) is 0.333. The Morgan fingerprint density at radius 1 is 1.69 bits per heavy atom. The van der Waals surface area contributed by atoms with Crippen LogP contribution in [0.1, 0.15) is 29.4 Å². The Labute approximate surface area is 104 Å². The number of ether oxygens (including phenoxy) is 1. The molecule has 0 bridgehead atoms. The molecule has 0 unspecified atom stereocenters. The van der Waals surface area contributed by atoms with Crippen molar-refractivity contribution in [2.24, 2.45) is 0 Å². The molecule has 0 aliphatic carbocycles. The van der Waals surface area contributed by atoms with Crippen molar-refractivity contribution in [1.29, 1.82) is 0 Å². The van der Waals surface area contributed by atoms with Gasteiger partial charge in [-0.25, -0.2) is 18.6 Å². The van der Waals surface area contributed by atoms with Crippen LogP contribution in [0, 0.1) is 0 Å². The van der Waals surface area contributed by atoms with Gasteiger partial charge in [-0.05, 0) is 28.9 Å². The average Bonchev–Trinajstić information content (AvgIpc) is 2.21. The summed E-state index contributed by atoms with van der Waals surface area (Å²) in [5.74, 6) is -0.861. The second-order valence-corrected chi connectivity index (χ2v) is 3.87. The van der Waals surface area contributed by atoms with E-state index in [0.29, 0.717) is 0 Å². The normalized spacial score (nSPS) is 10.6. The van der Waals surface area contributed by atoms with E-state index in [1.54, 1.807) is 6.92 Å². The first-order valence-electron chi connectivity index (χ1n) is 4.28. The van der Waals surface area contributed by atoms with Crippen molar-refractivity contribution in [2.75, 3.05) is 6.61 Å². The summed E-state index contributed by atoms with van der Waals surface area (Å²) in [6.45, 7) is 1.67. The predicted octanol–water partition coefficient (Wildman–Crippen LogP) is 3.61. The highest BCUT2D eigenvalue weighted by atomic mass is 79.9. The summed E-state index contributed by atoms with van der Waals surface area (Å²) in [5, 5.41) is 0.0763. The summed E-state index contributed by atoms with van der Waals surface area (Å²) in [5.41, 5.74) is -0.959. The minimum Gasteiger partial charge on any atom is -0.462 e. The smallest absolute Gasteiger partial charge is 0.340 e. The van der Waals surface area contributed by atoms with E-state index in [2.05, 4.69) is 25.7 Å². The largest absolute Gasteiger partial charge is 0.462 e. The summed E-state index contributed by atoms with van der Waals surface area (Å²) < 4.78 is 29.9. The molecule has 0 atom stereocenters. The number of carbonyl (C=O) groups excluding carboxylic acids is 1. The molecule has 0 aromatic carbocycles. The Bertz CT molecular complexity index is 415. The molecule has 0 radical (unpaired) electrons. The molecule has 0 N–H and O–H groups in total. The lowest BCUT2D eigenvalue weighted by molar-refractivity contribution is 0.0513. The third kappa shape index (κ3) is 2.89. The van der Waals surface area contributed by atoms with Crippen LogP contribution in [0.4, 0.5) is 8.78 Å². The van der Waals surface area contributed by atoms with Gasteiger partial charge in [-0.15, -0.1) is 0 Å². The van der Waals surface area contributed by atoms with Gasteiger partial charge in [0.2, 0.25) is 0 Å². The maximum Gasteiger partial charge on any atom is 0.340 e. The summed E-state index contributed by atoms with van der Waals surface area (Å²) in [6, 6.07) is 1.11. The maximum absolute atomic E-state index is 12.6. The van der Waals surface area contributed by atoms with Crippen LogP contribution < -0.4 is 0 Å². The van der Waals surface area contributed by atoms with Gasteiger partial charge in [-0.1, -0.05) is 11.6 Å². The van der Waals surface area contributed by atoms with E-state index in [1.165, 1.54) is 0 Å². The van der Waals surface area contributed by atoms with Crippen LogP contribution in [-0.2, 0) is 4.74 Å². The number of pyridine rings is 1. The van der Waals surface area contributed by atoms with Crippen LogP contribution in [0.3, 0.4) is 0 Å². The molecular weight excluding hydrogens is 307 g/mol. The molecular formula is C9H7BrClF2NO2. The minimum absolute atomic E-state index is 0.0671. The third-order valence-corrected chi connectivity index (χ3v) is 2.79. The maximum atomic E-state index is 12.6. The second-order valence-electron chi connectivity index (χ2n) is 2.71. The van der Waals surface area contributed by atoms with E-state index in [4.69, 9.17) is 11.6 Å². The van der Waals surface area contributed by atoms with Crippen molar-refractivity contribution in [3.8, 4) is 0 Å². The number of hydrogen-bond donors (Lipinski definition) is 0. The first-order chi connectivity index (χ1) is 7.47.